The second kappa shape index (κ2) is 3.64. The second-order valence-electron chi connectivity index (χ2n) is 3.54. The summed E-state index contributed by atoms with van der Waals surface area (Å²) in [5.74, 6) is -0.435. The minimum absolute atomic E-state index is 0.184. The topological polar surface area (TPSA) is 41.8 Å². The zero-order valence-electron chi connectivity index (χ0n) is 8.33. The first-order chi connectivity index (χ1) is 7.86. The Labute approximate surface area is 96.5 Å². The fraction of sp³-hybridized carbons (Fsp3) is 0.0833. The summed E-state index contributed by atoms with van der Waals surface area (Å²) >= 11 is 1.61. The highest BCUT2D eigenvalue weighted by Gasteiger charge is 2.27. The molecule has 78 valence electrons. The van der Waals surface area contributed by atoms with E-state index >= 15 is 0 Å². The molecule has 1 aromatic rings. The van der Waals surface area contributed by atoms with Crippen LogP contribution < -0.4 is 0 Å². The van der Waals surface area contributed by atoms with Crippen molar-refractivity contribution < 1.29 is 4.79 Å². The largest absolute Gasteiger partial charge is 0.276 e. The van der Waals surface area contributed by atoms with E-state index in [-0.39, 0.29) is 11.8 Å². The summed E-state index contributed by atoms with van der Waals surface area (Å²) in [7, 11) is 0. The number of allylic oxidation sites excluding steroid dienone is 3. The smallest absolute Gasteiger partial charge is 0.270 e. The summed E-state index contributed by atoms with van der Waals surface area (Å²) in [5, 5.41) is 9.71. The van der Waals surface area contributed by atoms with Gasteiger partial charge in [0.05, 0.1) is 10.8 Å². The molecular formula is C12H8N2OS. The number of hydrogen-bond donors (Lipinski definition) is 0. The number of carbonyl (C=O) groups excluding carboxylic acids is 1. The van der Waals surface area contributed by atoms with Gasteiger partial charge in [-0.3, -0.25) is 4.79 Å². The zero-order chi connectivity index (χ0) is 11.0. The highest BCUT2D eigenvalue weighted by molar-refractivity contribution is 7.11. The van der Waals surface area contributed by atoms with Crippen molar-refractivity contribution in [1.82, 2.24) is 0 Å². The fourth-order valence-electron chi connectivity index (χ4n) is 1.81. The van der Waals surface area contributed by atoms with Gasteiger partial charge in [-0.15, -0.1) is 21.6 Å². The van der Waals surface area contributed by atoms with E-state index in [2.05, 4.69) is 10.2 Å². The van der Waals surface area contributed by atoms with E-state index in [4.69, 9.17) is 0 Å². The van der Waals surface area contributed by atoms with Crippen LogP contribution in [-0.2, 0) is 4.79 Å². The highest BCUT2D eigenvalue weighted by atomic mass is 32.1. The van der Waals surface area contributed by atoms with Gasteiger partial charge in [0.15, 0.2) is 0 Å². The van der Waals surface area contributed by atoms with E-state index in [1.54, 1.807) is 11.3 Å². The van der Waals surface area contributed by atoms with Crippen molar-refractivity contribution in [3.63, 3.8) is 0 Å². The van der Waals surface area contributed by atoms with Crippen LogP contribution in [0.25, 0.3) is 5.70 Å². The lowest BCUT2D eigenvalue weighted by Gasteiger charge is -2.18. The van der Waals surface area contributed by atoms with Crippen molar-refractivity contribution >= 4 is 22.9 Å². The van der Waals surface area contributed by atoms with E-state index in [9.17, 15) is 4.79 Å². The first-order valence-corrected chi connectivity index (χ1v) is 5.83. The van der Waals surface area contributed by atoms with E-state index in [1.807, 2.05) is 41.8 Å². The van der Waals surface area contributed by atoms with Gasteiger partial charge in [-0.05, 0) is 17.0 Å². The van der Waals surface area contributed by atoms with Gasteiger partial charge in [-0.2, -0.15) is 0 Å². The molecule has 3 rings (SSSR count). The van der Waals surface area contributed by atoms with E-state index < -0.39 is 0 Å². The first kappa shape index (κ1) is 9.42. The molecule has 16 heavy (non-hydrogen) atoms. The van der Waals surface area contributed by atoms with E-state index in [0.717, 1.165) is 16.1 Å². The van der Waals surface area contributed by atoms with Crippen LogP contribution in [0.5, 0.6) is 0 Å². The summed E-state index contributed by atoms with van der Waals surface area (Å²) in [5.41, 5.74) is 1.77. The molecule has 4 heteroatoms. The van der Waals surface area contributed by atoms with Crippen LogP contribution in [0.2, 0.25) is 0 Å². The van der Waals surface area contributed by atoms with Gasteiger partial charge in [0, 0.05) is 0 Å². The minimum atomic E-state index is -0.250. The molecule has 2 aliphatic rings. The van der Waals surface area contributed by atoms with Crippen molar-refractivity contribution in [2.45, 2.75) is 0 Å². The molecule has 0 saturated heterocycles. The molecule has 0 spiro atoms. The molecule has 0 aromatic carbocycles. The third-order valence-corrected chi connectivity index (χ3v) is 3.44. The average Bonchev–Trinajstić information content (AvgIpc) is 2.83. The van der Waals surface area contributed by atoms with Crippen LogP contribution in [0.4, 0.5) is 0 Å². The van der Waals surface area contributed by atoms with Gasteiger partial charge in [-0.1, -0.05) is 30.4 Å². The molecule has 1 atom stereocenters. The molecule has 1 aromatic heterocycles. The second-order valence-corrected chi connectivity index (χ2v) is 4.49. The van der Waals surface area contributed by atoms with Crippen molar-refractivity contribution in [3.8, 4) is 0 Å². The molecule has 3 nitrogen and oxygen atoms in total. The maximum Gasteiger partial charge on any atom is 0.276 e. The van der Waals surface area contributed by atoms with Crippen LogP contribution in [-0.4, -0.2) is 5.91 Å². The number of amides is 1. The Balaban J connectivity index is 2.17. The Morgan fingerprint density at radius 3 is 3.00 bits per heavy atom. The van der Waals surface area contributed by atoms with E-state index in [1.165, 1.54) is 0 Å². The van der Waals surface area contributed by atoms with Crippen molar-refractivity contribution in [3.05, 3.63) is 52.3 Å². The van der Waals surface area contributed by atoms with Gasteiger partial charge in [0.2, 0.25) is 0 Å². The zero-order valence-corrected chi connectivity index (χ0v) is 9.15. The summed E-state index contributed by atoms with van der Waals surface area (Å²) in [4.78, 5) is 12.6. The molecule has 1 aliphatic heterocycles. The summed E-state index contributed by atoms with van der Waals surface area (Å²) in [6, 6.07) is 3.96. The van der Waals surface area contributed by atoms with Crippen LogP contribution in [0.15, 0.2) is 57.6 Å². The maximum absolute atomic E-state index is 11.6. The molecule has 1 amide bonds. The van der Waals surface area contributed by atoms with Crippen molar-refractivity contribution in [2.24, 2.45) is 16.1 Å². The average molecular weight is 228 g/mol. The fourth-order valence-corrected chi connectivity index (χ4v) is 2.54. The Bertz CT molecular complexity index is 550. The minimum Gasteiger partial charge on any atom is -0.270 e. The Hall–Kier alpha value is -1.81. The first-order valence-electron chi connectivity index (χ1n) is 4.95. The number of rotatable bonds is 1. The quantitative estimate of drug-likeness (QED) is 0.727. The lowest BCUT2D eigenvalue weighted by atomic mass is 9.91. The molecule has 0 N–H and O–H groups in total. The molecule has 0 bridgehead atoms. The number of thiophene rings is 1. The SMILES string of the molecule is O=C1N=NC(c2cccs2)=C2C=CC=CC12. The molecule has 1 unspecified atom stereocenters. The van der Waals surface area contributed by atoms with Gasteiger partial charge >= 0.3 is 0 Å². The lowest BCUT2D eigenvalue weighted by Crippen LogP contribution is -2.16. The molecule has 0 fully saturated rings. The maximum atomic E-state index is 11.6. The van der Waals surface area contributed by atoms with Gasteiger partial charge in [0.1, 0.15) is 5.70 Å². The monoisotopic (exact) mass is 228 g/mol. The number of nitrogens with zero attached hydrogens (tertiary/aromatic N) is 2. The third kappa shape index (κ3) is 1.39. The molecule has 1 aliphatic carbocycles. The predicted octanol–water partition coefficient (Wildman–Crippen LogP) is 3.19. The normalized spacial score (nSPS) is 22.8. The van der Waals surface area contributed by atoms with Crippen LogP contribution in [0.3, 0.4) is 0 Å². The highest BCUT2D eigenvalue weighted by Crippen LogP contribution is 2.35. The van der Waals surface area contributed by atoms with E-state index in [0.29, 0.717) is 0 Å². The summed E-state index contributed by atoms with van der Waals surface area (Å²) in [6.07, 6.45) is 7.60. The number of azo groups is 1. The predicted molar refractivity (Wildman–Crippen MR) is 62.9 cm³/mol. The Morgan fingerprint density at radius 2 is 2.19 bits per heavy atom. The van der Waals surface area contributed by atoms with Crippen LogP contribution >= 0.6 is 11.3 Å². The number of fused-ring (bicyclic) bond motifs is 1. The molecular weight excluding hydrogens is 220 g/mol. The van der Waals surface area contributed by atoms with Crippen LogP contribution in [0.1, 0.15) is 4.88 Å². The number of carbonyl (C=O) groups is 1. The van der Waals surface area contributed by atoms with Crippen molar-refractivity contribution in [2.75, 3.05) is 0 Å². The van der Waals surface area contributed by atoms with Gasteiger partial charge in [0.25, 0.3) is 5.91 Å². The Morgan fingerprint density at radius 1 is 1.25 bits per heavy atom. The van der Waals surface area contributed by atoms with Gasteiger partial charge < -0.3 is 0 Å². The lowest BCUT2D eigenvalue weighted by molar-refractivity contribution is -0.119. The standard InChI is InChI=1S/C12H8N2OS/c15-12-9-5-2-1-4-8(9)11(13-14-12)10-6-3-7-16-10/h1-7,9H. The molecule has 2 heterocycles. The third-order valence-electron chi connectivity index (χ3n) is 2.57. The van der Waals surface area contributed by atoms with Gasteiger partial charge in [-0.25, -0.2) is 0 Å². The summed E-state index contributed by atoms with van der Waals surface area (Å²) in [6.45, 7) is 0. The molecule has 0 saturated carbocycles. The van der Waals surface area contributed by atoms with Crippen LogP contribution in [0, 0.1) is 5.92 Å². The van der Waals surface area contributed by atoms with Crippen molar-refractivity contribution in [1.29, 1.82) is 0 Å². The Kier molecular flexibility index (Phi) is 2.15. The number of hydrogen-bond acceptors (Lipinski definition) is 3. The molecule has 0 radical (unpaired) electrons. The summed E-state index contributed by atoms with van der Waals surface area (Å²) < 4.78 is 0.